The van der Waals surface area contributed by atoms with Crippen LogP contribution < -0.4 is 5.32 Å². The molecule has 110 valence electrons. The summed E-state index contributed by atoms with van der Waals surface area (Å²) in [6.45, 7) is 6.26. The summed E-state index contributed by atoms with van der Waals surface area (Å²) in [6, 6.07) is 7.53. The number of rotatable bonds is 5. The molecule has 1 aliphatic rings. The van der Waals surface area contributed by atoms with Crippen LogP contribution in [0.4, 0.5) is 5.69 Å². The van der Waals surface area contributed by atoms with Gasteiger partial charge in [-0.2, -0.15) is 0 Å². The largest absolute Gasteiger partial charge is 0.464 e. The lowest BCUT2D eigenvalue weighted by atomic mass is 10.1. The van der Waals surface area contributed by atoms with E-state index in [1.807, 2.05) is 45.0 Å². The summed E-state index contributed by atoms with van der Waals surface area (Å²) in [5.74, 6) is -0.242. The van der Waals surface area contributed by atoms with Crippen molar-refractivity contribution >= 4 is 11.7 Å². The van der Waals surface area contributed by atoms with Crippen molar-refractivity contribution in [3.63, 3.8) is 0 Å². The Labute approximate surface area is 120 Å². The first-order valence-electron chi connectivity index (χ1n) is 7.25. The van der Waals surface area contributed by atoms with Gasteiger partial charge in [0.15, 0.2) is 6.04 Å². The molecule has 4 heteroatoms. The molecule has 2 rings (SSSR count). The fraction of sp³-hybridized carbons (Fsp3) is 0.562. The van der Waals surface area contributed by atoms with E-state index in [2.05, 4.69) is 5.32 Å². The first kappa shape index (κ1) is 14.9. The molecule has 20 heavy (non-hydrogen) atoms. The molecule has 3 atom stereocenters. The van der Waals surface area contributed by atoms with E-state index in [0.29, 0.717) is 6.61 Å². The maximum Gasteiger partial charge on any atom is 0.331 e. The van der Waals surface area contributed by atoms with Gasteiger partial charge in [0.05, 0.1) is 18.8 Å². The zero-order valence-electron chi connectivity index (χ0n) is 12.4. The molecule has 1 aromatic rings. The van der Waals surface area contributed by atoms with Gasteiger partial charge in [-0.3, -0.25) is 0 Å². The number of benzene rings is 1. The van der Waals surface area contributed by atoms with E-state index in [-0.39, 0.29) is 18.2 Å². The first-order valence-corrected chi connectivity index (χ1v) is 7.25. The molecule has 1 aliphatic heterocycles. The van der Waals surface area contributed by atoms with Gasteiger partial charge in [-0.25, -0.2) is 4.79 Å². The number of hydrogen-bond donors (Lipinski definition) is 1. The molecule has 0 bridgehead atoms. The molecule has 1 aromatic carbocycles. The topological polar surface area (TPSA) is 47.6 Å². The number of hydrogen-bond acceptors (Lipinski definition) is 4. The summed E-state index contributed by atoms with van der Waals surface area (Å²) in [7, 11) is 0. The van der Waals surface area contributed by atoms with Crippen molar-refractivity contribution in [2.75, 3.05) is 11.9 Å². The van der Waals surface area contributed by atoms with Gasteiger partial charge in [0, 0.05) is 5.69 Å². The van der Waals surface area contributed by atoms with Gasteiger partial charge in [-0.1, -0.05) is 12.1 Å². The monoisotopic (exact) mass is 277 g/mol. The first-order chi connectivity index (χ1) is 9.60. The maximum atomic E-state index is 12.2. The maximum absolute atomic E-state index is 12.2. The van der Waals surface area contributed by atoms with Crippen LogP contribution in [0.15, 0.2) is 24.3 Å². The fourth-order valence-corrected chi connectivity index (χ4v) is 2.53. The Morgan fingerprint density at radius 1 is 1.50 bits per heavy atom. The van der Waals surface area contributed by atoms with Crippen molar-refractivity contribution < 1.29 is 14.3 Å². The molecule has 0 aromatic heterocycles. The summed E-state index contributed by atoms with van der Waals surface area (Å²) in [5.41, 5.74) is 2.07. The van der Waals surface area contributed by atoms with Crippen LogP contribution >= 0.6 is 0 Å². The third kappa shape index (κ3) is 3.73. The second-order valence-corrected chi connectivity index (χ2v) is 5.31. The second-order valence-electron chi connectivity index (χ2n) is 5.31. The van der Waals surface area contributed by atoms with Crippen LogP contribution in [0.3, 0.4) is 0 Å². The predicted octanol–water partition coefficient (Wildman–Crippen LogP) is 2.91. The van der Waals surface area contributed by atoms with Crippen molar-refractivity contribution in [2.24, 2.45) is 0 Å². The molecule has 4 nitrogen and oxygen atoms in total. The number of esters is 1. The Bertz CT molecular complexity index is 461. The zero-order valence-corrected chi connectivity index (χ0v) is 12.4. The van der Waals surface area contributed by atoms with E-state index in [0.717, 1.165) is 24.1 Å². The molecule has 1 fully saturated rings. The number of nitrogens with one attached hydrogen (secondary N) is 1. The van der Waals surface area contributed by atoms with Crippen molar-refractivity contribution in [3.05, 3.63) is 29.8 Å². The highest BCUT2D eigenvalue weighted by Crippen LogP contribution is 2.25. The minimum absolute atomic E-state index is 0.121. The lowest BCUT2D eigenvalue weighted by Crippen LogP contribution is -2.42. The van der Waals surface area contributed by atoms with Gasteiger partial charge >= 0.3 is 5.97 Å². The third-order valence-electron chi connectivity index (χ3n) is 3.52. The molecule has 0 saturated carbocycles. The quantitative estimate of drug-likeness (QED) is 0.841. The van der Waals surface area contributed by atoms with Crippen molar-refractivity contribution in [3.8, 4) is 0 Å². The van der Waals surface area contributed by atoms with E-state index in [9.17, 15) is 4.79 Å². The number of carbonyl (C=O) groups excluding carboxylic acids is 1. The second kappa shape index (κ2) is 6.75. The van der Waals surface area contributed by atoms with Gasteiger partial charge in [-0.15, -0.1) is 0 Å². The minimum atomic E-state index is -0.443. The Morgan fingerprint density at radius 3 is 2.90 bits per heavy atom. The van der Waals surface area contributed by atoms with Gasteiger partial charge in [0.1, 0.15) is 0 Å². The van der Waals surface area contributed by atoms with Crippen LogP contribution in [0, 0.1) is 6.92 Å². The van der Waals surface area contributed by atoms with E-state index >= 15 is 0 Å². The molecule has 1 N–H and O–H groups in total. The molecule has 1 saturated heterocycles. The van der Waals surface area contributed by atoms with Gasteiger partial charge in [0.2, 0.25) is 0 Å². The number of carbonyl (C=O) groups is 1. The van der Waals surface area contributed by atoms with Gasteiger partial charge < -0.3 is 14.8 Å². The van der Waals surface area contributed by atoms with E-state index < -0.39 is 6.04 Å². The number of anilines is 1. The Kier molecular flexibility index (Phi) is 5.01. The van der Waals surface area contributed by atoms with Gasteiger partial charge in [-0.05, 0) is 51.3 Å². The van der Waals surface area contributed by atoms with Gasteiger partial charge in [0.25, 0.3) is 0 Å². The van der Waals surface area contributed by atoms with Crippen LogP contribution in [-0.4, -0.2) is 30.8 Å². The van der Waals surface area contributed by atoms with Crippen molar-refractivity contribution in [2.45, 2.75) is 51.9 Å². The van der Waals surface area contributed by atoms with Crippen LogP contribution in [0.5, 0.6) is 0 Å². The molecule has 3 unspecified atom stereocenters. The third-order valence-corrected chi connectivity index (χ3v) is 3.52. The SMILES string of the molecule is CCOC(=O)C(Nc1cccc(C)c1)C1CCC(C)O1. The Morgan fingerprint density at radius 2 is 2.30 bits per heavy atom. The van der Waals surface area contributed by atoms with Crippen LogP contribution in [0.1, 0.15) is 32.3 Å². The van der Waals surface area contributed by atoms with Crippen LogP contribution in [-0.2, 0) is 14.3 Å². The standard InChI is InChI=1S/C16H23NO3/c1-4-19-16(18)15(14-9-8-12(3)20-14)17-13-7-5-6-11(2)10-13/h5-7,10,12,14-15,17H,4,8-9H2,1-3H3. The number of ether oxygens (including phenoxy) is 2. The summed E-state index contributed by atoms with van der Waals surface area (Å²) in [6.07, 6.45) is 1.94. The molecule has 1 heterocycles. The highest BCUT2D eigenvalue weighted by atomic mass is 16.5. The normalized spacial score (nSPS) is 23.4. The van der Waals surface area contributed by atoms with E-state index in [1.165, 1.54) is 0 Å². The Balaban J connectivity index is 2.11. The van der Waals surface area contributed by atoms with Crippen LogP contribution in [0.2, 0.25) is 0 Å². The lowest BCUT2D eigenvalue weighted by Gasteiger charge is -2.24. The lowest BCUT2D eigenvalue weighted by molar-refractivity contribution is -0.147. The smallest absolute Gasteiger partial charge is 0.331 e. The Hall–Kier alpha value is -1.55. The summed E-state index contributed by atoms with van der Waals surface area (Å²) >= 11 is 0. The number of aryl methyl sites for hydroxylation is 1. The molecular weight excluding hydrogens is 254 g/mol. The molecular formula is C16H23NO3. The summed E-state index contributed by atoms with van der Waals surface area (Å²) in [5, 5.41) is 3.27. The predicted molar refractivity (Wildman–Crippen MR) is 78.8 cm³/mol. The van der Waals surface area contributed by atoms with Crippen molar-refractivity contribution in [1.82, 2.24) is 0 Å². The zero-order chi connectivity index (χ0) is 14.5. The molecule has 0 radical (unpaired) electrons. The molecule has 0 spiro atoms. The molecule has 0 amide bonds. The highest BCUT2D eigenvalue weighted by molar-refractivity contribution is 5.80. The van der Waals surface area contributed by atoms with Crippen LogP contribution in [0.25, 0.3) is 0 Å². The highest BCUT2D eigenvalue weighted by Gasteiger charge is 2.35. The average Bonchev–Trinajstić information content (AvgIpc) is 2.83. The molecule has 0 aliphatic carbocycles. The van der Waals surface area contributed by atoms with E-state index in [1.54, 1.807) is 0 Å². The van der Waals surface area contributed by atoms with E-state index in [4.69, 9.17) is 9.47 Å². The average molecular weight is 277 g/mol. The fourth-order valence-electron chi connectivity index (χ4n) is 2.53. The minimum Gasteiger partial charge on any atom is -0.464 e. The summed E-state index contributed by atoms with van der Waals surface area (Å²) < 4.78 is 11.0. The van der Waals surface area contributed by atoms with Crippen molar-refractivity contribution in [1.29, 1.82) is 0 Å². The summed E-state index contributed by atoms with van der Waals surface area (Å²) in [4.78, 5) is 12.2.